The number of carbonyl (C=O) groups excluding carboxylic acids is 1. The fourth-order valence-corrected chi connectivity index (χ4v) is 5.63. The Morgan fingerprint density at radius 2 is 1.65 bits per heavy atom. The number of hydrogen-bond donors (Lipinski definition) is 1. The van der Waals surface area contributed by atoms with Gasteiger partial charge in [-0.25, -0.2) is 0 Å². The van der Waals surface area contributed by atoms with E-state index in [9.17, 15) is 9.90 Å². The van der Waals surface area contributed by atoms with Crippen LogP contribution in [0.4, 0.5) is 0 Å². The van der Waals surface area contributed by atoms with E-state index in [0.717, 1.165) is 33.2 Å². The van der Waals surface area contributed by atoms with Gasteiger partial charge in [0.15, 0.2) is 5.75 Å². The van der Waals surface area contributed by atoms with Crippen molar-refractivity contribution in [2.75, 3.05) is 0 Å². The second-order valence-electron chi connectivity index (χ2n) is 9.58. The van der Waals surface area contributed by atoms with Gasteiger partial charge in [-0.2, -0.15) is 0 Å². The summed E-state index contributed by atoms with van der Waals surface area (Å²) < 4.78 is 7.18. The van der Waals surface area contributed by atoms with Crippen molar-refractivity contribution in [3.8, 4) is 17.2 Å². The van der Waals surface area contributed by atoms with Crippen LogP contribution < -0.4 is 4.74 Å². The van der Waals surface area contributed by atoms with Gasteiger partial charge in [0.1, 0.15) is 16.4 Å². The number of rotatable bonds is 8. The number of phenols is 1. The van der Waals surface area contributed by atoms with Gasteiger partial charge in [-0.3, -0.25) is 4.79 Å². The third kappa shape index (κ3) is 5.18. The number of hydrogen-bond acceptors (Lipinski definition) is 4. The Hall–Kier alpha value is -3.11. The average molecular weight is 473 g/mol. The van der Waals surface area contributed by atoms with Gasteiger partial charge >= 0.3 is 0 Å². The highest BCUT2D eigenvalue weighted by molar-refractivity contribution is 7.21. The summed E-state index contributed by atoms with van der Waals surface area (Å²) in [5.74, 6) is 2.10. The molecular weight excluding hydrogens is 440 g/mol. The van der Waals surface area contributed by atoms with Crippen LogP contribution >= 0.6 is 11.3 Å². The Morgan fingerprint density at radius 3 is 2.29 bits per heavy atom. The molecule has 0 saturated heterocycles. The molecule has 0 aliphatic rings. The Balaban J connectivity index is 1.70. The molecule has 0 radical (unpaired) electrons. The maximum absolute atomic E-state index is 13.8. The van der Waals surface area contributed by atoms with Gasteiger partial charge < -0.3 is 9.84 Å². The maximum atomic E-state index is 13.8. The molecule has 0 atom stereocenters. The zero-order valence-corrected chi connectivity index (χ0v) is 21.4. The number of ether oxygens (including phenoxy) is 1. The molecule has 4 heteroatoms. The zero-order valence-electron chi connectivity index (χ0n) is 20.6. The first-order chi connectivity index (χ1) is 16.2. The molecule has 0 spiro atoms. The fourth-order valence-electron chi connectivity index (χ4n) is 4.52. The summed E-state index contributed by atoms with van der Waals surface area (Å²) in [5, 5.41) is 10.8. The third-order valence-corrected chi connectivity index (χ3v) is 7.26. The second-order valence-corrected chi connectivity index (χ2v) is 10.6. The van der Waals surface area contributed by atoms with Crippen LogP contribution in [0.5, 0.6) is 17.2 Å². The number of carbonyl (C=O) groups is 1. The molecule has 176 valence electrons. The van der Waals surface area contributed by atoms with Crippen LogP contribution in [0.1, 0.15) is 64.2 Å². The molecule has 3 aromatic carbocycles. The van der Waals surface area contributed by atoms with Crippen LogP contribution in [0.3, 0.4) is 0 Å². The van der Waals surface area contributed by atoms with Crippen LogP contribution in [0.2, 0.25) is 0 Å². The van der Waals surface area contributed by atoms with Gasteiger partial charge in [-0.05, 0) is 86.6 Å². The van der Waals surface area contributed by atoms with Gasteiger partial charge in [-0.1, -0.05) is 50.1 Å². The predicted molar refractivity (Wildman–Crippen MR) is 142 cm³/mol. The van der Waals surface area contributed by atoms with Gasteiger partial charge in [0.2, 0.25) is 5.78 Å². The summed E-state index contributed by atoms with van der Waals surface area (Å²) in [4.78, 5) is 14.3. The molecule has 1 heterocycles. The summed E-state index contributed by atoms with van der Waals surface area (Å²) in [7, 11) is 0. The minimum absolute atomic E-state index is 0.0454. The SMILES string of the molecule is Cc1cc(C)c(C(=O)c2sc3cc(O)ccc3c2Oc2ccc(CCCC(C)C)cc2)c(C)c1. The Kier molecular flexibility index (Phi) is 7.08. The van der Waals surface area contributed by atoms with E-state index in [4.69, 9.17) is 4.74 Å². The smallest absolute Gasteiger partial charge is 0.207 e. The number of fused-ring (bicyclic) bond motifs is 1. The molecule has 3 nitrogen and oxygen atoms in total. The molecule has 0 amide bonds. The quantitative estimate of drug-likeness (QED) is 0.261. The molecule has 34 heavy (non-hydrogen) atoms. The molecular formula is C30H32O3S. The average Bonchev–Trinajstić information content (AvgIpc) is 3.11. The summed E-state index contributed by atoms with van der Waals surface area (Å²) in [6.07, 6.45) is 3.44. The monoisotopic (exact) mass is 472 g/mol. The second kappa shape index (κ2) is 10.0. The molecule has 0 fully saturated rings. The van der Waals surface area contributed by atoms with Crippen molar-refractivity contribution in [3.63, 3.8) is 0 Å². The summed E-state index contributed by atoms with van der Waals surface area (Å²) in [5.41, 5.74) is 5.05. The maximum Gasteiger partial charge on any atom is 0.207 e. The van der Waals surface area contributed by atoms with E-state index in [1.54, 1.807) is 12.1 Å². The van der Waals surface area contributed by atoms with Crippen molar-refractivity contribution in [1.29, 1.82) is 0 Å². The topological polar surface area (TPSA) is 46.5 Å². The fraction of sp³-hybridized carbons (Fsp3) is 0.300. The van der Waals surface area contributed by atoms with E-state index >= 15 is 0 Å². The zero-order chi connectivity index (χ0) is 24.4. The van der Waals surface area contributed by atoms with Gasteiger partial charge in [-0.15, -0.1) is 11.3 Å². The lowest BCUT2D eigenvalue weighted by Gasteiger charge is -2.12. The van der Waals surface area contributed by atoms with Crippen LogP contribution in [0, 0.1) is 26.7 Å². The molecule has 1 N–H and O–H groups in total. The standard InChI is InChI=1S/C30H32O3S/c1-18(2)7-6-8-22-9-12-24(13-10-22)33-29-25-14-11-23(31)17-26(25)34-30(29)28(32)27-20(4)15-19(3)16-21(27)5/h9-18,31H,6-8H2,1-5H3. The number of aryl methyl sites for hydroxylation is 4. The van der Waals surface area contributed by atoms with E-state index in [1.165, 1.54) is 29.7 Å². The summed E-state index contributed by atoms with van der Waals surface area (Å²) in [6, 6.07) is 17.4. The highest BCUT2D eigenvalue weighted by Crippen LogP contribution is 2.43. The van der Waals surface area contributed by atoms with Crippen LogP contribution in [-0.4, -0.2) is 10.9 Å². The molecule has 0 aliphatic carbocycles. The molecule has 4 rings (SSSR count). The molecule has 0 aliphatic heterocycles. The van der Waals surface area contributed by atoms with Crippen LogP contribution in [-0.2, 0) is 6.42 Å². The highest BCUT2D eigenvalue weighted by atomic mass is 32.1. The molecule has 0 unspecified atom stereocenters. The molecule has 0 saturated carbocycles. The first-order valence-electron chi connectivity index (χ1n) is 11.9. The Morgan fingerprint density at radius 1 is 0.971 bits per heavy atom. The van der Waals surface area contributed by atoms with E-state index in [1.807, 2.05) is 51.1 Å². The summed E-state index contributed by atoms with van der Waals surface area (Å²) in [6.45, 7) is 10.5. The van der Waals surface area contributed by atoms with Crippen molar-refractivity contribution in [2.45, 2.75) is 53.9 Å². The lowest BCUT2D eigenvalue weighted by atomic mass is 9.95. The third-order valence-electron chi connectivity index (χ3n) is 6.13. The van der Waals surface area contributed by atoms with Crippen molar-refractivity contribution < 1.29 is 14.6 Å². The first-order valence-corrected chi connectivity index (χ1v) is 12.7. The summed E-state index contributed by atoms with van der Waals surface area (Å²) >= 11 is 1.36. The molecule has 4 aromatic rings. The van der Waals surface area contributed by atoms with Crippen LogP contribution in [0.25, 0.3) is 10.1 Å². The largest absolute Gasteiger partial charge is 0.508 e. The van der Waals surface area contributed by atoms with Crippen molar-refractivity contribution in [3.05, 3.63) is 87.3 Å². The number of phenolic OH excluding ortho intramolecular Hbond substituents is 1. The van der Waals surface area contributed by atoms with Crippen molar-refractivity contribution in [2.24, 2.45) is 5.92 Å². The molecule has 1 aromatic heterocycles. The van der Waals surface area contributed by atoms with Gasteiger partial charge in [0.25, 0.3) is 0 Å². The Labute approximate surface area is 206 Å². The normalized spacial score (nSPS) is 11.4. The number of aromatic hydroxyl groups is 1. The van der Waals surface area contributed by atoms with E-state index in [-0.39, 0.29) is 11.5 Å². The van der Waals surface area contributed by atoms with E-state index in [2.05, 4.69) is 26.0 Å². The van der Waals surface area contributed by atoms with Gasteiger partial charge in [0.05, 0.1) is 0 Å². The number of benzene rings is 3. The predicted octanol–water partition coefficient (Wildman–Crippen LogP) is 8.53. The minimum Gasteiger partial charge on any atom is -0.508 e. The Bertz CT molecular complexity index is 1310. The van der Waals surface area contributed by atoms with Gasteiger partial charge in [0, 0.05) is 15.6 Å². The van der Waals surface area contributed by atoms with Crippen LogP contribution in [0.15, 0.2) is 54.6 Å². The van der Waals surface area contributed by atoms with Crippen molar-refractivity contribution >= 4 is 27.2 Å². The number of thiophene rings is 1. The first kappa shape index (κ1) is 24.0. The lowest BCUT2D eigenvalue weighted by Crippen LogP contribution is -2.06. The molecule has 0 bridgehead atoms. The lowest BCUT2D eigenvalue weighted by molar-refractivity contribution is 0.103. The number of ketones is 1. The van der Waals surface area contributed by atoms with E-state index in [0.29, 0.717) is 27.9 Å². The highest BCUT2D eigenvalue weighted by Gasteiger charge is 2.24. The minimum atomic E-state index is -0.0454. The van der Waals surface area contributed by atoms with Crippen molar-refractivity contribution in [1.82, 2.24) is 0 Å². The van der Waals surface area contributed by atoms with E-state index < -0.39 is 0 Å².